The second-order valence-electron chi connectivity index (χ2n) is 2.60. The van der Waals surface area contributed by atoms with Gasteiger partial charge in [0.1, 0.15) is 0 Å². The molecule has 1 aliphatic rings. The highest BCUT2D eigenvalue weighted by atomic mass is 127. The molecule has 3 heteroatoms. The summed E-state index contributed by atoms with van der Waals surface area (Å²) < 4.78 is 0. The Hall–Kier alpha value is 0.100. The predicted molar refractivity (Wildman–Crippen MR) is 65.6 cm³/mol. The summed E-state index contributed by atoms with van der Waals surface area (Å²) >= 11 is 1.93. The number of fused-ring (bicyclic) bond motifs is 1. The average molecular weight is 293 g/mol. The lowest BCUT2D eigenvalue weighted by molar-refractivity contribution is 0.951. The molecule has 0 aromatic heterocycles. The third-order valence-electron chi connectivity index (χ3n) is 1.96. The van der Waals surface area contributed by atoms with Gasteiger partial charge in [-0.25, -0.2) is 0 Å². The van der Waals surface area contributed by atoms with Gasteiger partial charge in [0.15, 0.2) is 0 Å². The van der Waals surface area contributed by atoms with Crippen LogP contribution in [0.4, 0.5) is 5.69 Å². The van der Waals surface area contributed by atoms with E-state index in [1.165, 1.54) is 10.6 Å². The molecule has 0 bridgehead atoms. The van der Waals surface area contributed by atoms with E-state index in [1.54, 1.807) is 0 Å². The van der Waals surface area contributed by atoms with Crippen molar-refractivity contribution in [3.05, 3.63) is 24.3 Å². The standard InChI is InChI=1S/C9H11NS.HI/c1-2-10-7-11-9-6-4-3-5-8(9)10;/h3-6H,2,7H2,1H3;1H. The van der Waals surface area contributed by atoms with Crippen molar-refractivity contribution >= 4 is 41.4 Å². The number of hydrogen-bond donors (Lipinski definition) is 0. The molecule has 0 N–H and O–H groups in total. The fourth-order valence-electron chi connectivity index (χ4n) is 1.32. The fourth-order valence-corrected chi connectivity index (χ4v) is 2.46. The average Bonchev–Trinajstić information content (AvgIpc) is 2.47. The molecule has 0 saturated heterocycles. The van der Waals surface area contributed by atoms with Crippen LogP contribution in [-0.4, -0.2) is 12.4 Å². The molecular formula is C9H12INS. The third kappa shape index (κ3) is 1.71. The number of thioether (sulfide) groups is 1. The first-order valence-corrected chi connectivity index (χ1v) is 4.87. The minimum atomic E-state index is 0. The van der Waals surface area contributed by atoms with Crippen LogP contribution in [0.25, 0.3) is 0 Å². The molecule has 1 aromatic rings. The van der Waals surface area contributed by atoms with Crippen molar-refractivity contribution in [2.45, 2.75) is 11.8 Å². The Morgan fingerprint density at radius 1 is 1.42 bits per heavy atom. The van der Waals surface area contributed by atoms with Crippen LogP contribution >= 0.6 is 35.7 Å². The monoisotopic (exact) mass is 293 g/mol. The van der Waals surface area contributed by atoms with Gasteiger partial charge < -0.3 is 4.90 Å². The molecular weight excluding hydrogens is 281 g/mol. The highest BCUT2D eigenvalue weighted by Gasteiger charge is 2.16. The van der Waals surface area contributed by atoms with Gasteiger partial charge in [0.25, 0.3) is 0 Å². The largest absolute Gasteiger partial charge is 0.361 e. The summed E-state index contributed by atoms with van der Waals surface area (Å²) in [6.45, 7) is 3.31. The summed E-state index contributed by atoms with van der Waals surface area (Å²) in [7, 11) is 0. The van der Waals surface area contributed by atoms with Gasteiger partial charge in [0, 0.05) is 11.4 Å². The summed E-state index contributed by atoms with van der Waals surface area (Å²) in [5.74, 6) is 1.12. The highest BCUT2D eigenvalue weighted by molar-refractivity contribution is 14.0. The van der Waals surface area contributed by atoms with E-state index in [-0.39, 0.29) is 24.0 Å². The van der Waals surface area contributed by atoms with E-state index < -0.39 is 0 Å². The summed E-state index contributed by atoms with van der Waals surface area (Å²) in [6, 6.07) is 8.59. The molecule has 0 aliphatic carbocycles. The van der Waals surface area contributed by atoms with Gasteiger partial charge in [0.05, 0.1) is 11.6 Å². The lowest BCUT2D eigenvalue weighted by Gasteiger charge is -2.14. The summed E-state index contributed by atoms with van der Waals surface area (Å²) in [6.07, 6.45) is 0. The maximum Gasteiger partial charge on any atom is 0.0686 e. The zero-order valence-corrected chi connectivity index (χ0v) is 10.1. The molecule has 0 fully saturated rings. The Bertz CT molecular complexity index is 264. The molecule has 1 heterocycles. The van der Waals surface area contributed by atoms with Crippen molar-refractivity contribution in [2.24, 2.45) is 0 Å². The fraction of sp³-hybridized carbons (Fsp3) is 0.333. The normalized spacial score (nSPS) is 13.9. The van der Waals surface area contributed by atoms with Crippen molar-refractivity contribution in [1.29, 1.82) is 0 Å². The lowest BCUT2D eigenvalue weighted by atomic mass is 10.3. The maximum absolute atomic E-state index is 2.39. The minimum absolute atomic E-state index is 0. The van der Waals surface area contributed by atoms with E-state index in [2.05, 4.69) is 36.1 Å². The smallest absolute Gasteiger partial charge is 0.0686 e. The van der Waals surface area contributed by atoms with E-state index in [1.807, 2.05) is 11.8 Å². The van der Waals surface area contributed by atoms with Crippen LogP contribution in [0.1, 0.15) is 6.92 Å². The molecule has 2 rings (SSSR count). The molecule has 1 aliphatic heterocycles. The van der Waals surface area contributed by atoms with E-state index in [9.17, 15) is 0 Å². The first-order chi connectivity index (χ1) is 5.42. The van der Waals surface area contributed by atoms with Gasteiger partial charge in [-0.15, -0.1) is 35.7 Å². The summed E-state index contributed by atoms with van der Waals surface area (Å²) in [5, 5.41) is 0. The maximum atomic E-state index is 2.39. The second kappa shape index (κ2) is 4.37. The summed E-state index contributed by atoms with van der Waals surface area (Å²) in [5.41, 5.74) is 1.40. The number of para-hydroxylation sites is 1. The quantitative estimate of drug-likeness (QED) is 0.732. The van der Waals surface area contributed by atoms with Gasteiger partial charge in [-0.05, 0) is 19.1 Å². The van der Waals surface area contributed by atoms with Crippen LogP contribution in [-0.2, 0) is 0 Å². The summed E-state index contributed by atoms with van der Waals surface area (Å²) in [4.78, 5) is 3.81. The van der Waals surface area contributed by atoms with Crippen molar-refractivity contribution in [2.75, 3.05) is 17.3 Å². The van der Waals surface area contributed by atoms with Gasteiger partial charge in [-0.2, -0.15) is 0 Å². The Kier molecular flexibility index (Phi) is 3.71. The Morgan fingerprint density at radius 2 is 2.17 bits per heavy atom. The van der Waals surface area contributed by atoms with Gasteiger partial charge >= 0.3 is 0 Å². The van der Waals surface area contributed by atoms with Crippen LogP contribution in [0.15, 0.2) is 29.2 Å². The van der Waals surface area contributed by atoms with E-state index in [0.717, 1.165) is 12.4 Å². The lowest BCUT2D eigenvalue weighted by Crippen LogP contribution is -2.17. The van der Waals surface area contributed by atoms with E-state index in [0.29, 0.717) is 0 Å². The highest BCUT2D eigenvalue weighted by Crippen LogP contribution is 2.37. The van der Waals surface area contributed by atoms with Crippen LogP contribution in [0.5, 0.6) is 0 Å². The molecule has 0 radical (unpaired) electrons. The molecule has 0 atom stereocenters. The minimum Gasteiger partial charge on any atom is -0.361 e. The van der Waals surface area contributed by atoms with E-state index >= 15 is 0 Å². The van der Waals surface area contributed by atoms with Gasteiger partial charge in [-0.3, -0.25) is 0 Å². The number of rotatable bonds is 1. The topological polar surface area (TPSA) is 3.24 Å². The number of halogens is 1. The van der Waals surface area contributed by atoms with Gasteiger partial charge in [0.2, 0.25) is 0 Å². The molecule has 0 spiro atoms. The number of nitrogens with zero attached hydrogens (tertiary/aromatic N) is 1. The first kappa shape index (κ1) is 10.2. The Labute approximate surface area is 94.5 Å². The van der Waals surface area contributed by atoms with Crippen molar-refractivity contribution < 1.29 is 0 Å². The number of benzene rings is 1. The second-order valence-corrected chi connectivity index (χ2v) is 3.58. The molecule has 0 amide bonds. The van der Waals surface area contributed by atoms with Crippen molar-refractivity contribution in [3.63, 3.8) is 0 Å². The number of anilines is 1. The molecule has 0 saturated carbocycles. The zero-order valence-electron chi connectivity index (χ0n) is 6.99. The molecule has 0 unspecified atom stereocenters. The Morgan fingerprint density at radius 3 is 2.92 bits per heavy atom. The number of hydrogen-bond acceptors (Lipinski definition) is 2. The molecule has 1 nitrogen and oxygen atoms in total. The molecule has 66 valence electrons. The van der Waals surface area contributed by atoms with Crippen LogP contribution < -0.4 is 4.90 Å². The SMILES string of the molecule is CCN1CSc2ccccc21.I. The third-order valence-corrected chi connectivity index (χ3v) is 3.06. The van der Waals surface area contributed by atoms with Crippen molar-refractivity contribution in [1.82, 2.24) is 0 Å². The predicted octanol–water partition coefficient (Wildman–Crippen LogP) is 3.19. The molecule has 1 aromatic carbocycles. The van der Waals surface area contributed by atoms with Crippen molar-refractivity contribution in [3.8, 4) is 0 Å². The van der Waals surface area contributed by atoms with Gasteiger partial charge in [-0.1, -0.05) is 12.1 Å². The zero-order chi connectivity index (χ0) is 7.68. The van der Waals surface area contributed by atoms with E-state index in [4.69, 9.17) is 0 Å². The van der Waals surface area contributed by atoms with Crippen LogP contribution in [0, 0.1) is 0 Å². The molecule has 12 heavy (non-hydrogen) atoms. The van der Waals surface area contributed by atoms with Crippen LogP contribution in [0.2, 0.25) is 0 Å². The Balaban J connectivity index is 0.000000720. The van der Waals surface area contributed by atoms with Crippen LogP contribution in [0.3, 0.4) is 0 Å². The first-order valence-electron chi connectivity index (χ1n) is 3.88.